The zero-order chi connectivity index (χ0) is 16.4. The third kappa shape index (κ3) is 3.36. The number of nitrogens with two attached hydrogens (primary N) is 1. The zero-order valence-corrected chi connectivity index (χ0v) is 12.4. The van der Waals surface area contributed by atoms with Gasteiger partial charge in [0.05, 0.1) is 6.54 Å². The Hall–Kier alpha value is -2.76. The quantitative estimate of drug-likeness (QED) is 0.853. The molecule has 120 valence electrons. The van der Waals surface area contributed by atoms with Crippen LogP contribution in [0.5, 0.6) is 5.75 Å². The first-order valence-electron chi connectivity index (χ1n) is 7.33. The van der Waals surface area contributed by atoms with Gasteiger partial charge in [0.25, 0.3) is 0 Å². The fraction of sp³-hybridized carbons (Fsp3) is 0.235. The smallest absolute Gasteiger partial charge is 0.407 e. The lowest BCUT2D eigenvalue weighted by molar-refractivity contribution is 0.146. The predicted octanol–water partition coefficient (Wildman–Crippen LogP) is 3.21. The van der Waals surface area contributed by atoms with Crippen molar-refractivity contribution in [2.24, 2.45) is 0 Å². The van der Waals surface area contributed by atoms with Gasteiger partial charge in [-0.25, -0.2) is 9.18 Å². The van der Waals surface area contributed by atoms with E-state index in [0.717, 1.165) is 11.1 Å². The van der Waals surface area contributed by atoms with Crippen LogP contribution in [0.4, 0.5) is 14.9 Å². The fourth-order valence-corrected chi connectivity index (χ4v) is 2.68. The summed E-state index contributed by atoms with van der Waals surface area (Å²) < 4.78 is 19.1. The van der Waals surface area contributed by atoms with Crippen molar-refractivity contribution in [1.82, 2.24) is 4.90 Å². The fourth-order valence-electron chi connectivity index (χ4n) is 2.68. The van der Waals surface area contributed by atoms with E-state index in [2.05, 4.69) is 0 Å². The zero-order valence-electron chi connectivity index (χ0n) is 12.4. The molecule has 2 aromatic rings. The molecule has 23 heavy (non-hydrogen) atoms. The normalized spacial score (nSPS) is 17.3. The number of ether oxygens (including phenoxy) is 1. The van der Waals surface area contributed by atoms with Crippen LogP contribution in [0, 0.1) is 5.82 Å². The molecule has 0 radical (unpaired) electrons. The number of carbonyl (C=O) groups is 1. The lowest BCUT2D eigenvalue weighted by Crippen LogP contribution is -2.29. The van der Waals surface area contributed by atoms with Crippen LogP contribution in [-0.2, 0) is 0 Å². The molecule has 1 aliphatic rings. The van der Waals surface area contributed by atoms with Crippen molar-refractivity contribution in [1.29, 1.82) is 0 Å². The van der Waals surface area contributed by atoms with Crippen LogP contribution in [0.3, 0.4) is 0 Å². The lowest BCUT2D eigenvalue weighted by atomic mass is 10.0. The van der Waals surface area contributed by atoms with Gasteiger partial charge in [-0.15, -0.1) is 0 Å². The number of carboxylic acid groups (broad SMARTS) is 1. The highest BCUT2D eigenvalue weighted by Crippen LogP contribution is 2.33. The van der Waals surface area contributed by atoms with Crippen molar-refractivity contribution in [2.45, 2.75) is 12.5 Å². The Bertz CT molecular complexity index is 718. The highest BCUT2D eigenvalue weighted by Gasteiger charge is 2.27. The Balaban J connectivity index is 1.85. The second-order valence-electron chi connectivity index (χ2n) is 5.52. The summed E-state index contributed by atoms with van der Waals surface area (Å²) >= 11 is 0. The lowest BCUT2D eigenvalue weighted by Gasteiger charge is -2.18. The maximum absolute atomic E-state index is 13.1. The summed E-state index contributed by atoms with van der Waals surface area (Å²) in [5, 5.41) is 9.01. The highest BCUT2D eigenvalue weighted by molar-refractivity contribution is 5.74. The number of benzene rings is 2. The molecular weight excluding hydrogens is 299 g/mol. The number of amides is 1. The van der Waals surface area contributed by atoms with Gasteiger partial charge in [-0.1, -0.05) is 12.1 Å². The molecule has 0 spiro atoms. The van der Waals surface area contributed by atoms with Crippen molar-refractivity contribution in [3.63, 3.8) is 0 Å². The Kier molecular flexibility index (Phi) is 4.06. The first-order valence-corrected chi connectivity index (χ1v) is 7.33. The standard InChI is InChI=1S/C17H17FN2O3/c18-12-3-1-11(2-4-12)15-9-13(19)5-6-16(15)23-14-7-8-20(10-14)17(21)22/h1-6,9,14H,7-8,10,19H2,(H,21,22). The Morgan fingerprint density at radius 3 is 2.65 bits per heavy atom. The maximum atomic E-state index is 13.1. The Morgan fingerprint density at radius 2 is 2.00 bits per heavy atom. The van der Waals surface area contributed by atoms with Crippen LogP contribution >= 0.6 is 0 Å². The molecule has 0 bridgehead atoms. The van der Waals surface area contributed by atoms with Gasteiger partial charge in [0.15, 0.2) is 0 Å². The van der Waals surface area contributed by atoms with Gasteiger partial charge >= 0.3 is 6.09 Å². The number of anilines is 1. The third-order valence-corrected chi connectivity index (χ3v) is 3.87. The van der Waals surface area contributed by atoms with Gasteiger partial charge in [0.2, 0.25) is 0 Å². The summed E-state index contributed by atoms with van der Waals surface area (Å²) in [4.78, 5) is 12.3. The molecule has 1 aliphatic heterocycles. The average molecular weight is 316 g/mol. The first kappa shape index (κ1) is 15.1. The summed E-state index contributed by atoms with van der Waals surface area (Å²) in [7, 11) is 0. The summed E-state index contributed by atoms with van der Waals surface area (Å²) in [6.45, 7) is 0.795. The Labute approximate surface area is 133 Å². The number of nitrogens with zero attached hydrogens (tertiary/aromatic N) is 1. The summed E-state index contributed by atoms with van der Waals surface area (Å²) in [6.07, 6.45) is -0.499. The molecule has 1 amide bonds. The molecule has 0 aliphatic carbocycles. The molecule has 5 nitrogen and oxygen atoms in total. The highest BCUT2D eigenvalue weighted by atomic mass is 19.1. The number of hydrogen-bond donors (Lipinski definition) is 2. The number of rotatable bonds is 3. The number of hydrogen-bond acceptors (Lipinski definition) is 3. The number of nitrogen functional groups attached to an aromatic ring is 1. The van der Waals surface area contributed by atoms with Gasteiger partial charge < -0.3 is 20.5 Å². The molecule has 0 aromatic heterocycles. The molecule has 1 unspecified atom stereocenters. The predicted molar refractivity (Wildman–Crippen MR) is 84.9 cm³/mol. The number of halogens is 1. The van der Waals surface area contributed by atoms with E-state index in [4.69, 9.17) is 15.6 Å². The second-order valence-corrected chi connectivity index (χ2v) is 5.52. The van der Waals surface area contributed by atoms with Crippen molar-refractivity contribution in [3.05, 3.63) is 48.3 Å². The van der Waals surface area contributed by atoms with Crippen LogP contribution < -0.4 is 10.5 Å². The third-order valence-electron chi connectivity index (χ3n) is 3.87. The largest absolute Gasteiger partial charge is 0.488 e. The van der Waals surface area contributed by atoms with Crippen molar-refractivity contribution in [2.75, 3.05) is 18.8 Å². The van der Waals surface area contributed by atoms with E-state index in [1.807, 2.05) is 0 Å². The van der Waals surface area contributed by atoms with Crippen molar-refractivity contribution >= 4 is 11.8 Å². The Morgan fingerprint density at radius 1 is 1.26 bits per heavy atom. The molecule has 3 rings (SSSR count). The van der Waals surface area contributed by atoms with Gasteiger partial charge in [-0.05, 0) is 35.9 Å². The van der Waals surface area contributed by atoms with E-state index in [0.29, 0.717) is 30.9 Å². The van der Waals surface area contributed by atoms with E-state index in [1.165, 1.54) is 17.0 Å². The SMILES string of the molecule is Nc1ccc(OC2CCN(C(=O)O)C2)c(-c2ccc(F)cc2)c1. The molecule has 1 heterocycles. The minimum Gasteiger partial charge on any atom is -0.488 e. The van der Waals surface area contributed by atoms with Crippen LogP contribution in [0.15, 0.2) is 42.5 Å². The van der Waals surface area contributed by atoms with Gasteiger partial charge in [0, 0.05) is 24.2 Å². The molecule has 6 heteroatoms. The van der Waals surface area contributed by atoms with Crippen molar-refractivity contribution < 1.29 is 19.0 Å². The van der Waals surface area contributed by atoms with E-state index in [-0.39, 0.29) is 11.9 Å². The summed E-state index contributed by atoms with van der Waals surface area (Å²) in [5.41, 5.74) is 7.98. The van der Waals surface area contributed by atoms with E-state index >= 15 is 0 Å². The molecule has 1 saturated heterocycles. The van der Waals surface area contributed by atoms with Gasteiger partial charge in [0.1, 0.15) is 17.7 Å². The molecule has 1 atom stereocenters. The number of likely N-dealkylation sites (tertiary alicyclic amines) is 1. The molecule has 1 fully saturated rings. The van der Waals surface area contributed by atoms with Gasteiger partial charge in [-0.2, -0.15) is 0 Å². The van der Waals surface area contributed by atoms with E-state index in [1.54, 1.807) is 30.3 Å². The van der Waals surface area contributed by atoms with Crippen LogP contribution in [0.2, 0.25) is 0 Å². The molecule has 0 saturated carbocycles. The van der Waals surface area contributed by atoms with E-state index in [9.17, 15) is 9.18 Å². The summed E-state index contributed by atoms with van der Waals surface area (Å²) in [6, 6.07) is 11.3. The monoisotopic (exact) mass is 316 g/mol. The molecule has 2 aromatic carbocycles. The van der Waals surface area contributed by atoms with E-state index < -0.39 is 6.09 Å². The molecular formula is C17H17FN2O3. The minimum atomic E-state index is -0.938. The average Bonchev–Trinajstić information content (AvgIpc) is 2.99. The minimum absolute atomic E-state index is 0.200. The van der Waals surface area contributed by atoms with Crippen LogP contribution in [0.1, 0.15) is 6.42 Å². The maximum Gasteiger partial charge on any atom is 0.407 e. The topological polar surface area (TPSA) is 75.8 Å². The first-order chi connectivity index (χ1) is 11.0. The van der Waals surface area contributed by atoms with Crippen LogP contribution in [0.25, 0.3) is 11.1 Å². The molecule has 3 N–H and O–H groups in total. The van der Waals surface area contributed by atoms with Crippen molar-refractivity contribution in [3.8, 4) is 16.9 Å². The second kappa shape index (κ2) is 6.16. The summed E-state index contributed by atoms with van der Waals surface area (Å²) in [5.74, 6) is 0.302. The van der Waals surface area contributed by atoms with Gasteiger partial charge in [-0.3, -0.25) is 0 Å². The van der Waals surface area contributed by atoms with Crippen LogP contribution in [-0.4, -0.2) is 35.3 Å².